The van der Waals surface area contributed by atoms with Crippen LogP contribution in [0.3, 0.4) is 0 Å². The van der Waals surface area contributed by atoms with Crippen molar-refractivity contribution in [1.82, 2.24) is 4.90 Å². The number of methoxy groups -OCH3 is 4. The van der Waals surface area contributed by atoms with E-state index in [-0.39, 0.29) is 11.8 Å². The maximum atomic E-state index is 11.0. The van der Waals surface area contributed by atoms with Crippen LogP contribution >= 0.6 is 0 Å². The quantitative estimate of drug-likeness (QED) is 0.891. The second-order valence-corrected chi connectivity index (χ2v) is 6.97. The summed E-state index contributed by atoms with van der Waals surface area (Å²) in [5.74, 6) is 2.44. The molecular weight excluding hydrogens is 346 g/mol. The number of benzene rings is 2. The second kappa shape index (κ2) is 6.53. The molecule has 2 aromatic rings. The zero-order chi connectivity index (χ0) is 19.3. The van der Waals surface area contributed by atoms with Crippen molar-refractivity contribution in [3.05, 3.63) is 28.8 Å². The highest BCUT2D eigenvalue weighted by atomic mass is 16.5. The number of hydrogen-bond donors (Lipinski definition) is 1. The van der Waals surface area contributed by atoms with Crippen molar-refractivity contribution in [1.29, 1.82) is 0 Å². The average molecular weight is 371 g/mol. The molecule has 0 spiro atoms. The van der Waals surface area contributed by atoms with Crippen molar-refractivity contribution in [2.45, 2.75) is 18.9 Å². The largest absolute Gasteiger partial charge is 0.504 e. The number of hydrogen-bond acceptors (Lipinski definition) is 6. The van der Waals surface area contributed by atoms with E-state index in [1.54, 1.807) is 28.4 Å². The fourth-order valence-corrected chi connectivity index (χ4v) is 4.57. The standard InChI is InChI=1S/C21H25NO5/c1-22-9-8-12-16-13(22)10-11-6-7-14(24-2)18(23)15(11)17(16)20(26-4)21(27-5)19(12)25-3/h6-7,13,23H,8-10H2,1-5H3. The zero-order valence-electron chi connectivity index (χ0n) is 16.4. The summed E-state index contributed by atoms with van der Waals surface area (Å²) in [6.07, 6.45) is 1.65. The highest BCUT2D eigenvalue weighted by molar-refractivity contribution is 5.90. The van der Waals surface area contributed by atoms with Crippen LogP contribution in [0.1, 0.15) is 22.7 Å². The Morgan fingerprint density at radius 1 is 0.926 bits per heavy atom. The SMILES string of the molecule is COc1ccc2c(c1O)-c1c(OC)c(OC)c(OC)c3c1C(C2)N(C)CC3. The fourth-order valence-electron chi connectivity index (χ4n) is 4.57. The summed E-state index contributed by atoms with van der Waals surface area (Å²) in [7, 11) is 8.58. The lowest BCUT2D eigenvalue weighted by Crippen LogP contribution is -2.36. The zero-order valence-corrected chi connectivity index (χ0v) is 16.4. The third-order valence-electron chi connectivity index (χ3n) is 5.81. The van der Waals surface area contributed by atoms with E-state index in [0.717, 1.165) is 53.0 Å². The Bertz CT molecular complexity index is 908. The van der Waals surface area contributed by atoms with Gasteiger partial charge in [0.15, 0.2) is 23.0 Å². The highest BCUT2D eigenvalue weighted by Crippen LogP contribution is 2.59. The molecule has 6 heteroatoms. The van der Waals surface area contributed by atoms with Crippen LogP contribution in [0.25, 0.3) is 11.1 Å². The minimum Gasteiger partial charge on any atom is -0.504 e. The third kappa shape index (κ3) is 2.36. The summed E-state index contributed by atoms with van der Waals surface area (Å²) in [6.45, 7) is 0.931. The molecule has 1 aliphatic heterocycles. The molecule has 1 N–H and O–H groups in total. The normalized spacial score (nSPS) is 17.7. The lowest BCUT2D eigenvalue weighted by molar-refractivity contribution is 0.222. The Kier molecular flexibility index (Phi) is 4.30. The maximum Gasteiger partial charge on any atom is 0.204 e. The van der Waals surface area contributed by atoms with Crippen LogP contribution in [0.2, 0.25) is 0 Å². The topological polar surface area (TPSA) is 60.4 Å². The molecule has 0 fully saturated rings. The predicted molar refractivity (Wildman–Crippen MR) is 103 cm³/mol. The number of phenolic OH excluding ortho intramolecular Hbond substituents is 1. The number of fused-ring (bicyclic) bond motifs is 2. The van der Waals surface area contributed by atoms with Crippen LogP contribution in [0.4, 0.5) is 0 Å². The van der Waals surface area contributed by atoms with Gasteiger partial charge in [-0.1, -0.05) is 6.07 Å². The Balaban J connectivity index is 2.16. The molecule has 0 saturated heterocycles. The lowest BCUT2D eigenvalue weighted by Gasteiger charge is -2.41. The Morgan fingerprint density at radius 3 is 2.26 bits per heavy atom. The van der Waals surface area contributed by atoms with Crippen molar-refractivity contribution >= 4 is 0 Å². The van der Waals surface area contributed by atoms with E-state index in [9.17, 15) is 5.11 Å². The van der Waals surface area contributed by atoms with Crippen molar-refractivity contribution in [2.75, 3.05) is 42.0 Å². The summed E-state index contributed by atoms with van der Waals surface area (Å²) in [5, 5.41) is 11.0. The number of ether oxygens (including phenoxy) is 4. The molecule has 1 aliphatic carbocycles. The van der Waals surface area contributed by atoms with Gasteiger partial charge in [0.2, 0.25) is 5.75 Å². The van der Waals surface area contributed by atoms with Crippen LogP contribution in [0.15, 0.2) is 12.1 Å². The minimum absolute atomic E-state index is 0.134. The van der Waals surface area contributed by atoms with Crippen LogP contribution < -0.4 is 18.9 Å². The predicted octanol–water partition coefficient (Wildman–Crippen LogP) is 3.18. The number of phenols is 1. The van der Waals surface area contributed by atoms with Gasteiger partial charge in [0, 0.05) is 29.3 Å². The molecule has 0 amide bonds. The molecule has 0 bridgehead atoms. The summed E-state index contributed by atoms with van der Waals surface area (Å²) in [6, 6.07) is 4.03. The molecule has 2 aliphatic rings. The van der Waals surface area contributed by atoms with Gasteiger partial charge >= 0.3 is 0 Å². The molecule has 6 nitrogen and oxygen atoms in total. The smallest absolute Gasteiger partial charge is 0.204 e. The van der Waals surface area contributed by atoms with Gasteiger partial charge in [-0.3, -0.25) is 4.90 Å². The third-order valence-corrected chi connectivity index (χ3v) is 5.81. The first-order valence-electron chi connectivity index (χ1n) is 9.01. The van der Waals surface area contributed by atoms with E-state index in [1.165, 1.54) is 0 Å². The molecule has 1 heterocycles. The second-order valence-electron chi connectivity index (χ2n) is 6.97. The van der Waals surface area contributed by atoms with Gasteiger partial charge in [-0.2, -0.15) is 0 Å². The van der Waals surface area contributed by atoms with Crippen molar-refractivity contribution < 1.29 is 24.1 Å². The Hall–Kier alpha value is -2.60. The van der Waals surface area contributed by atoms with Crippen molar-refractivity contribution in [3.8, 4) is 39.9 Å². The summed E-state index contributed by atoms with van der Waals surface area (Å²) in [5.41, 5.74) is 4.97. The highest BCUT2D eigenvalue weighted by Gasteiger charge is 2.40. The minimum atomic E-state index is 0.134. The average Bonchev–Trinajstić information content (AvgIpc) is 2.69. The van der Waals surface area contributed by atoms with E-state index in [2.05, 4.69) is 11.9 Å². The van der Waals surface area contributed by atoms with Gasteiger partial charge in [0.25, 0.3) is 0 Å². The number of nitrogens with zero attached hydrogens (tertiary/aromatic N) is 1. The molecule has 4 rings (SSSR count). The van der Waals surface area contributed by atoms with Gasteiger partial charge in [-0.05, 0) is 37.1 Å². The molecular formula is C21H25NO5. The van der Waals surface area contributed by atoms with Gasteiger partial charge in [-0.15, -0.1) is 0 Å². The first-order chi connectivity index (χ1) is 13.1. The molecule has 0 radical (unpaired) electrons. The molecule has 27 heavy (non-hydrogen) atoms. The summed E-state index contributed by atoms with van der Waals surface area (Å²) in [4.78, 5) is 2.35. The van der Waals surface area contributed by atoms with Crippen molar-refractivity contribution in [3.63, 3.8) is 0 Å². The number of rotatable bonds is 4. The molecule has 2 aromatic carbocycles. The maximum absolute atomic E-state index is 11.0. The van der Waals surface area contributed by atoms with E-state index < -0.39 is 0 Å². The van der Waals surface area contributed by atoms with Crippen LogP contribution in [0.5, 0.6) is 28.7 Å². The Morgan fingerprint density at radius 2 is 1.63 bits per heavy atom. The van der Waals surface area contributed by atoms with E-state index in [4.69, 9.17) is 18.9 Å². The molecule has 144 valence electrons. The Labute approximate surface area is 159 Å². The molecule has 1 atom stereocenters. The van der Waals surface area contributed by atoms with Gasteiger partial charge in [0.05, 0.1) is 28.4 Å². The van der Waals surface area contributed by atoms with Crippen molar-refractivity contribution in [2.24, 2.45) is 0 Å². The molecule has 0 aromatic heterocycles. The first kappa shape index (κ1) is 17.8. The monoisotopic (exact) mass is 371 g/mol. The summed E-state index contributed by atoms with van der Waals surface area (Å²) >= 11 is 0. The van der Waals surface area contributed by atoms with E-state index >= 15 is 0 Å². The van der Waals surface area contributed by atoms with Gasteiger partial charge in [0.1, 0.15) is 0 Å². The van der Waals surface area contributed by atoms with Gasteiger partial charge in [-0.25, -0.2) is 0 Å². The van der Waals surface area contributed by atoms with Crippen LogP contribution in [-0.4, -0.2) is 52.0 Å². The van der Waals surface area contributed by atoms with Crippen LogP contribution in [-0.2, 0) is 12.8 Å². The molecule has 1 unspecified atom stereocenters. The molecule has 0 saturated carbocycles. The van der Waals surface area contributed by atoms with E-state index in [1.807, 2.05) is 12.1 Å². The number of aromatic hydroxyl groups is 1. The first-order valence-corrected chi connectivity index (χ1v) is 9.01. The van der Waals surface area contributed by atoms with E-state index in [0.29, 0.717) is 17.2 Å². The van der Waals surface area contributed by atoms with Crippen LogP contribution in [0, 0.1) is 0 Å². The summed E-state index contributed by atoms with van der Waals surface area (Å²) < 4.78 is 22.6. The lowest BCUT2D eigenvalue weighted by atomic mass is 9.75. The van der Waals surface area contributed by atoms with Gasteiger partial charge < -0.3 is 24.1 Å². The fraction of sp³-hybridized carbons (Fsp3) is 0.429. The number of likely N-dealkylation sites (N-methyl/N-ethyl adjacent to an activating group) is 1.